The Hall–Kier alpha value is -2.67. The Morgan fingerprint density at radius 1 is 1.12 bits per heavy atom. The molecule has 0 radical (unpaired) electrons. The summed E-state index contributed by atoms with van der Waals surface area (Å²) in [7, 11) is 0. The molecule has 3 aromatic rings. The number of piperazine rings is 1. The van der Waals surface area contributed by atoms with Gasteiger partial charge in [-0.1, -0.05) is 40.9 Å². The number of rotatable bonds is 10. The first-order valence-electron chi connectivity index (χ1n) is 13.4. The van der Waals surface area contributed by atoms with E-state index in [1.807, 2.05) is 0 Å². The molecule has 5 rings (SSSR count). The maximum Gasteiger partial charge on any atom is 0.413 e. The monoisotopic (exact) mass is 644 g/mol. The van der Waals surface area contributed by atoms with E-state index in [0.717, 1.165) is 6.07 Å². The number of fused-ring (bicyclic) bond motifs is 1. The van der Waals surface area contributed by atoms with Gasteiger partial charge in [-0.15, -0.1) is 0 Å². The molecule has 2 fully saturated rings. The molecule has 2 atom stereocenters. The summed E-state index contributed by atoms with van der Waals surface area (Å²) in [4.78, 5) is 29.9. The summed E-state index contributed by atoms with van der Waals surface area (Å²) < 4.78 is 42.0. The maximum atomic E-state index is 15.6. The summed E-state index contributed by atoms with van der Waals surface area (Å²) >= 11 is 18.8. The van der Waals surface area contributed by atoms with Gasteiger partial charge in [0.25, 0.3) is 0 Å². The van der Waals surface area contributed by atoms with E-state index in [9.17, 15) is 14.0 Å². The largest absolute Gasteiger partial charge is 0.413 e. The van der Waals surface area contributed by atoms with Crippen molar-refractivity contribution in [2.24, 2.45) is 0 Å². The predicted molar refractivity (Wildman–Crippen MR) is 158 cm³/mol. The van der Waals surface area contributed by atoms with Crippen molar-refractivity contribution in [1.29, 1.82) is 0 Å². The number of aromatic nitrogens is 1. The van der Waals surface area contributed by atoms with Crippen molar-refractivity contribution < 1.29 is 28.2 Å². The Bertz CT molecular complexity index is 1530. The van der Waals surface area contributed by atoms with E-state index >= 15 is 4.39 Å². The molecule has 1 saturated heterocycles. The van der Waals surface area contributed by atoms with Gasteiger partial charge >= 0.3 is 6.09 Å². The molecule has 1 amide bonds. The molecule has 1 aromatic heterocycles. The third kappa shape index (κ3) is 6.77. The van der Waals surface area contributed by atoms with Gasteiger partial charge in [-0.05, 0) is 23.8 Å². The minimum atomic E-state index is -1.19. The maximum absolute atomic E-state index is 15.6. The fourth-order valence-corrected chi connectivity index (χ4v) is 5.88. The Morgan fingerprint density at radius 2 is 1.86 bits per heavy atom. The van der Waals surface area contributed by atoms with Gasteiger partial charge in [0.05, 0.1) is 53.7 Å². The molecule has 0 unspecified atom stereocenters. The van der Waals surface area contributed by atoms with Gasteiger partial charge in [0.2, 0.25) is 5.43 Å². The molecule has 2 aliphatic rings. The van der Waals surface area contributed by atoms with Crippen molar-refractivity contribution in [3.05, 3.63) is 67.1 Å². The minimum Gasteiger partial charge on any atom is -0.405 e. The lowest BCUT2D eigenvalue weighted by molar-refractivity contribution is 0.0724. The smallest absolute Gasteiger partial charge is 0.405 e. The molecule has 2 aromatic carbocycles. The van der Waals surface area contributed by atoms with E-state index in [1.165, 1.54) is 16.8 Å². The first kappa shape index (κ1) is 30.8. The Balaban J connectivity index is 1.38. The van der Waals surface area contributed by atoms with Crippen LogP contribution in [0, 0.1) is 5.82 Å². The van der Waals surface area contributed by atoms with E-state index < -0.39 is 29.6 Å². The van der Waals surface area contributed by atoms with Gasteiger partial charge in [0.1, 0.15) is 12.0 Å². The molecular formula is C28H29Cl3F2N4O5. The highest BCUT2D eigenvalue weighted by molar-refractivity contribution is 6.38. The van der Waals surface area contributed by atoms with Crippen LogP contribution in [0.3, 0.4) is 0 Å². The highest BCUT2D eigenvalue weighted by Gasteiger charge is 2.41. The normalized spacial score (nSPS) is 18.9. The number of pyridine rings is 1. The summed E-state index contributed by atoms with van der Waals surface area (Å²) in [6, 6.07) is 5.21. The summed E-state index contributed by atoms with van der Waals surface area (Å²) in [6.45, 7) is 3.58. The number of halogens is 5. The zero-order valence-corrected chi connectivity index (χ0v) is 24.7. The van der Waals surface area contributed by atoms with E-state index in [2.05, 4.69) is 10.2 Å². The number of anilines is 1. The van der Waals surface area contributed by atoms with Crippen LogP contribution in [0.2, 0.25) is 15.1 Å². The molecule has 0 bridgehead atoms. The fraction of sp³-hybridized carbons (Fsp3) is 0.429. The number of hydrogen-bond donors (Lipinski definition) is 2. The average molecular weight is 646 g/mol. The van der Waals surface area contributed by atoms with Crippen LogP contribution in [0.5, 0.6) is 5.75 Å². The molecule has 226 valence electrons. The number of nitrogens with zero attached hydrogens (tertiary/aromatic N) is 3. The number of ether oxygens (including phenoxy) is 2. The molecule has 1 aliphatic carbocycles. The molecule has 1 saturated carbocycles. The molecule has 1 aliphatic heterocycles. The highest BCUT2D eigenvalue weighted by atomic mass is 35.5. The number of carbonyl (C=O) groups excluding carboxylic acids is 1. The van der Waals surface area contributed by atoms with Crippen LogP contribution in [-0.2, 0) is 11.3 Å². The lowest BCUT2D eigenvalue weighted by atomic mass is 10.1. The number of aliphatic hydroxyl groups is 1. The second-order valence-corrected chi connectivity index (χ2v) is 11.3. The fourth-order valence-electron chi connectivity index (χ4n) is 4.99. The number of carbonyl (C=O) groups is 1. The van der Waals surface area contributed by atoms with Crippen LogP contribution in [0.25, 0.3) is 10.9 Å². The predicted octanol–water partition coefficient (Wildman–Crippen LogP) is 4.80. The van der Waals surface area contributed by atoms with Crippen LogP contribution in [0.15, 0.2) is 35.3 Å². The average Bonchev–Trinajstić information content (AvgIpc) is 3.69. The molecular weight excluding hydrogens is 617 g/mol. The lowest BCUT2D eigenvalue weighted by Crippen LogP contribution is -2.47. The van der Waals surface area contributed by atoms with E-state index in [4.69, 9.17) is 49.4 Å². The third-order valence-electron chi connectivity index (χ3n) is 7.31. The molecule has 2 heterocycles. The number of hydrogen-bond acceptors (Lipinski definition) is 7. The van der Waals surface area contributed by atoms with Crippen molar-refractivity contribution >= 4 is 57.5 Å². The number of benzene rings is 2. The molecule has 9 nitrogen and oxygen atoms in total. The third-order valence-corrected chi connectivity index (χ3v) is 8.25. The van der Waals surface area contributed by atoms with Crippen LogP contribution >= 0.6 is 34.8 Å². The SMILES string of the molecule is O=C(NCc1ccc(Cl)cc1Cl)Oc1cn([C@H]2C[C@H]2F)c2c(Cl)c(N3CCN(CCOCCO)CC3)c(F)cc2c1=O. The zero-order valence-electron chi connectivity index (χ0n) is 22.4. The molecule has 0 spiro atoms. The molecule has 2 N–H and O–H groups in total. The van der Waals surface area contributed by atoms with E-state index in [1.54, 1.807) is 17.0 Å². The van der Waals surface area contributed by atoms with Crippen molar-refractivity contribution in [2.75, 3.05) is 57.4 Å². The first-order valence-corrected chi connectivity index (χ1v) is 14.6. The van der Waals surface area contributed by atoms with E-state index in [0.29, 0.717) is 54.9 Å². The number of aliphatic hydroxyl groups excluding tert-OH is 1. The topological polar surface area (TPSA) is 96.3 Å². The van der Waals surface area contributed by atoms with Gasteiger partial charge in [-0.2, -0.15) is 0 Å². The van der Waals surface area contributed by atoms with Crippen molar-refractivity contribution in [2.45, 2.75) is 25.2 Å². The van der Waals surface area contributed by atoms with Gasteiger partial charge in [0, 0.05) is 55.7 Å². The summed E-state index contributed by atoms with van der Waals surface area (Å²) in [6.07, 6.45) is -0.703. The Kier molecular flexibility index (Phi) is 9.76. The second kappa shape index (κ2) is 13.3. The first-order chi connectivity index (χ1) is 20.2. The summed E-state index contributed by atoms with van der Waals surface area (Å²) in [5.74, 6) is -1.09. The quantitative estimate of drug-likeness (QED) is 0.306. The van der Waals surface area contributed by atoms with Crippen LogP contribution in [-0.4, -0.2) is 79.4 Å². The Morgan fingerprint density at radius 3 is 2.52 bits per heavy atom. The highest BCUT2D eigenvalue weighted by Crippen LogP contribution is 2.44. The van der Waals surface area contributed by atoms with Gasteiger partial charge in [-0.25, -0.2) is 13.6 Å². The van der Waals surface area contributed by atoms with Gasteiger partial charge in [-0.3, -0.25) is 9.69 Å². The van der Waals surface area contributed by atoms with Crippen molar-refractivity contribution in [3.8, 4) is 5.75 Å². The second-order valence-electron chi connectivity index (χ2n) is 10.1. The number of alkyl halides is 1. The van der Waals surface area contributed by atoms with Crippen LogP contribution < -0.4 is 20.4 Å². The minimum absolute atomic E-state index is 0.00144. The zero-order chi connectivity index (χ0) is 30.0. The van der Waals surface area contributed by atoms with Gasteiger partial charge < -0.3 is 29.4 Å². The lowest BCUT2D eigenvalue weighted by Gasteiger charge is -2.36. The van der Waals surface area contributed by atoms with Gasteiger partial charge in [0.15, 0.2) is 5.75 Å². The summed E-state index contributed by atoms with van der Waals surface area (Å²) in [5.41, 5.74) is 0.140. The number of amides is 1. The van der Waals surface area contributed by atoms with E-state index in [-0.39, 0.29) is 53.5 Å². The molecule has 42 heavy (non-hydrogen) atoms. The molecule has 14 heteroatoms. The Labute approximate surface area is 255 Å². The van der Waals surface area contributed by atoms with Crippen molar-refractivity contribution in [3.63, 3.8) is 0 Å². The number of nitrogens with one attached hydrogen (secondary N) is 1. The van der Waals surface area contributed by atoms with Crippen LogP contribution in [0.1, 0.15) is 18.0 Å². The standard InChI is InChI=1S/C28H29Cl3F2N4O5/c29-17-2-1-16(19(30)11-17)14-34-28(40)42-23-15-37(22-13-20(22)32)25-18(27(23)39)12-21(33)26(24(25)31)36-5-3-35(4-6-36)7-9-41-10-8-38/h1-2,11-12,15,20,22,38H,3-10,13-14H2,(H,34,40)/t20-,22+/m1/s1. The van der Waals surface area contributed by atoms with Crippen molar-refractivity contribution in [1.82, 2.24) is 14.8 Å². The summed E-state index contributed by atoms with van der Waals surface area (Å²) in [5, 5.41) is 12.0. The van der Waals surface area contributed by atoms with Crippen LogP contribution in [0.4, 0.5) is 19.3 Å².